The fourth-order valence-corrected chi connectivity index (χ4v) is 5.88. The molecular formula is C34H36ClN5O2. The minimum Gasteiger partial charge on any atom is -0.497 e. The number of hydrogen-bond acceptors (Lipinski definition) is 6. The number of rotatable bonds is 7. The highest BCUT2D eigenvalue weighted by atomic mass is 35.5. The van der Waals surface area contributed by atoms with Crippen molar-refractivity contribution in [3.8, 4) is 16.9 Å². The van der Waals surface area contributed by atoms with Crippen LogP contribution in [0.15, 0.2) is 79.0 Å². The molecule has 0 spiro atoms. The second kappa shape index (κ2) is 12.4. The number of halogens is 1. The molecule has 42 heavy (non-hydrogen) atoms. The predicted molar refractivity (Wildman–Crippen MR) is 170 cm³/mol. The van der Waals surface area contributed by atoms with E-state index in [1.807, 2.05) is 59.6 Å². The summed E-state index contributed by atoms with van der Waals surface area (Å²) in [4.78, 5) is 24.7. The summed E-state index contributed by atoms with van der Waals surface area (Å²) in [6.45, 7) is 8.64. The molecule has 0 atom stereocenters. The van der Waals surface area contributed by atoms with E-state index in [0.717, 1.165) is 85.8 Å². The van der Waals surface area contributed by atoms with Crippen molar-refractivity contribution in [1.82, 2.24) is 14.8 Å². The van der Waals surface area contributed by atoms with Gasteiger partial charge < -0.3 is 19.9 Å². The zero-order valence-corrected chi connectivity index (χ0v) is 24.9. The average Bonchev–Trinajstić information content (AvgIpc) is 3.03. The van der Waals surface area contributed by atoms with Crippen LogP contribution in [-0.4, -0.2) is 67.1 Å². The number of aryl methyl sites for hydroxylation is 1. The Balaban J connectivity index is 1.10. The first-order chi connectivity index (χ1) is 20.5. The number of carbonyl (C=O) groups excluding carboxylic acids is 1. The van der Waals surface area contributed by atoms with Gasteiger partial charge in [0.2, 0.25) is 0 Å². The summed E-state index contributed by atoms with van der Waals surface area (Å²) in [5, 5.41) is 4.18. The maximum atomic E-state index is 13.3. The normalized spacial score (nSPS) is 15.2. The van der Waals surface area contributed by atoms with Crippen LogP contribution in [0.4, 0.5) is 11.5 Å². The Morgan fingerprint density at radius 1 is 0.905 bits per heavy atom. The number of hydrogen-bond donors (Lipinski definition) is 1. The Morgan fingerprint density at radius 3 is 2.40 bits per heavy atom. The van der Waals surface area contributed by atoms with Gasteiger partial charge in [-0.25, -0.2) is 4.98 Å². The Labute approximate surface area is 252 Å². The second-order valence-electron chi connectivity index (χ2n) is 11.0. The molecule has 3 heterocycles. The van der Waals surface area contributed by atoms with Crippen LogP contribution in [0, 0.1) is 6.92 Å². The largest absolute Gasteiger partial charge is 0.497 e. The van der Waals surface area contributed by atoms with E-state index in [2.05, 4.69) is 46.3 Å². The molecule has 1 aromatic heterocycles. The van der Waals surface area contributed by atoms with E-state index in [0.29, 0.717) is 5.56 Å². The minimum absolute atomic E-state index is 0.0847. The third-order valence-electron chi connectivity index (χ3n) is 8.24. The highest BCUT2D eigenvalue weighted by molar-refractivity contribution is 6.30. The molecule has 0 bridgehead atoms. The molecule has 0 aliphatic carbocycles. The molecule has 0 saturated carbocycles. The topological polar surface area (TPSA) is 60.9 Å². The number of piperazine rings is 1. The van der Waals surface area contributed by atoms with E-state index in [9.17, 15) is 4.79 Å². The van der Waals surface area contributed by atoms with Crippen LogP contribution in [0.25, 0.3) is 11.1 Å². The van der Waals surface area contributed by atoms with Crippen molar-refractivity contribution >= 4 is 29.0 Å². The molecule has 8 heteroatoms. The van der Waals surface area contributed by atoms with Gasteiger partial charge >= 0.3 is 0 Å². The summed E-state index contributed by atoms with van der Waals surface area (Å²) >= 11 is 6.29. The van der Waals surface area contributed by atoms with E-state index in [-0.39, 0.29) is 5.91 Å². The van der Waals surface area contributed by atoms with Crippen molar-refractivity contribution in [2.45, 2.75) is 20.0 Å². The fourth-order valence-electron chi connectivity index (χ4n) is 5.68. The van der Waals surface area contributed by atoms with Crippen molar-refractivity contribution in [1.29, 1.82) is 0 Å². The molecule has 216 valence electrons. The monoisotopic (exact) mass is 581 g/mol. The number of benzene rings is 3. The van der Waals surface area contributed by atoms with E-state index in [1.165, 1.54) is 16.7 Å². The number of anilines is 2. The van der Waals surface area contributed by atoms with Crippen molar-refractivity contribution in [3.05, 3.63) is 106 Å². The number of aromatic nitrogens is 1. The van der Waals surface area contributed by atoms with Gasteiger partial charge in [0.25, 0.3) is 5.91 Å². The molecule has 7 nitrogen and oxygen atoms in total. The highest BCUT2D eigenvalue weighted by Crippen LogP contribution is 2.33. The van der Waals surface area contributed by atoms with E-state index in [1.54, 1.807) is 7.11 Å². The predicted octanol–water partition coefficient (Wildman–Crippen LogP) is 6.11. The molecule has 2 aliphatic rings. The molecule has 0 radical (unpaired) electrons. The van der Waals surface area contributed by atoms with Gasteiger partial charge in [-0.05, 0) is 71.6 Å². The Kier molecular flexibility index (Phi) is 8.31. The number of nitrogens with zero attached hydrogens (tertiary/aromatic N) is 4. The van der Waals surface area contributed by atoms with Gasteiger partial charge in [0.05, 0.1) is 12.8 Å². The first kappa shape index (κ1) is 28.1. The van der Waals surface area contributed by atoms with Crippen molar-refractivity contribution in [3.63, 3.8) is 0 Å². The minimum atomic E-state index is 0.0847. The molecule has 1 N–H and O–H groups in total. The fraction of sp³-hybridized carbons (Fsp3) is 0.294. The number of amides is 1. The van der Waals surface area contributed by atoms with Crippen LogP contribution in [0.1, 0.15) is 27.0 Å². The Morgan fingerprint density at radius 2 is 1.67 bits per heavy atom. The van der Waals surface area contributed by atoms with E-state index < -0.39 is 0 Å². The quantitative estimate of drug-likeness (QED) is 0.284. The summed E-state index contributed by atoms with van der Waals surface area (Å²) < 4.78 is 5.26. The van der Waals surface area contributed by atoms with Gasteiger partial charge in [0.15, 0.2) is 0 Å². The molecule has 2 aliphatic heterocycles. The number of fused-ring (bicyclic) bond motifs is 1. The molecule has 4 aromatic rings. The zero-order valence-electron chi connectivity index (χ0n) is 24.1. The third-order valence-corrected chi connectivity index (χ3v) is 8.48. The maximum absolute atomic E-state index is 13.3. The summed E-state index contributed by atoms with van der Waals surface area (Å²) in [5.74, 6) is 1.84. The first-order valence-corrected chi connectivity index (χ1v) is 14.8. The highest BCUT2D eigenvalue weighted by Gasteiger charge is 2.23. The number of ether oxygens (including phenoxy) is 1. The van der Waals surface area contributed by atoms with Crippen LogP contribution in [0.5, 0.6) is 5.75 Å². The number of pyridine rings is 1. The van der Waals surface area contributed by atoms with Crippen LogP contribution in [0.3, 0.4) is 0 Å². The third kappa shape index (κ3) is 6.22. The zero-order chi connectivity index (χ0) is 29.1. The Bertz CT molecular complexity index is 1550. The Hall–Kier alpha value is -4.07. The molecule has 0 unspecified atom stereocenters. The standard InChI is InChI=1S/C34H36ClN5O2/c1-24-3-10-30(35)19-29(24)23-40-14-13-36-33-32(40)20-28(21-37-33)26-6-8-27(9-7-26)34(41)39-17-15-38(16-18-39)22-25-4-11-31(42-2)12-5-25/h3-12,19-21H,13-18,22-23H2,1-2H3,(H,36,37). The molecule has 3 aromatic carbocycles. The lowest BCUT2D eigenvalue weighted by atomic mass is 10.0. The summed E-state index contributed by atoms with van der Waals surface area (Å²) in [5.41, 5.74) is 7.54. The SMILES string of the molecule is COc1ccc(CN2CCN(C(=O)c3ccc(-c4cnc5c(c4)N(Cc4cc(Cl)ccc4C)CCN5)cc3)CC2)cc1. The smallest absolute Gasteiger partial charge is 0.253 e. The molecule has 1 fully saturated rings. The van der Waals surface area contributed by atoms with E-state index in [4.69, 9.17) is 21.3 Å². The van der Waals surface area contributed by atoms with Crippen molar-refractivity contribution in [2.24, 2.45) is 0 Å². The molecular weight excluding hydrogens is 546 g/mol. The van der Waals surface area contributed by atoms with Crippen LogP contribution in [-0.2, 0) is 13.1 Å². The van der Waals surface area contributed by atoms with Crippen molar-refractivity contribution in [2.75, 3.05) is 56.6 Å². The number of carbonyl (C=O) groups is 1. The lowest BCUT2D eigenvalue weighted by Crippen LogP contribution is -2.48. The van der Waals surface area contributed by atoms with E-state index >= 15 is 0 Å². The number of methoxy groups -OCH3 is 1. The van der Waals surface area contributed by atoms with Crippen LogP contribution >= 0.6 is 11.6 Å². The lowest BCUT2D eigenvalue weighted by molar-refractivity contribution is 0.0628. The first-order valence-electron chi connectivity index (χ1n) is 14.5. The summed E-state index contributed by atoms with van der Waals surface area (Å²) in [6, 6.07) is 24.4. The lowest BCUT2D eigenvalue weighted by Gasteiger charge is -2.34. The van der Waals surface area contributed by atoms with Crippen molar-refractivity contribution < 1.29 is 9.53 Å². The van der Waals surface area contributed by atoms with Gasteiger partial charge in [-0.1, -0.05) is 41.9 Å². The van der Waals surface area contributed by atoms with Gasteiger partial charge in [0.1, 0.15) is 11.6 Å². The second-order valence-corrected chi connectivity index (χ2v) is 11.4. The summed E-state index contributed by atoms with van der Waals surface area (Å²) in [7, 11) is 1.68. The van der Waals surface area contributed by atoms with Crippen LogP contribution < -0.4 is 15.0 Å². The van der Waals surface area contributed by atoms with Gasteiger partial charge in [-0.15, -0.1) is 0 Å². The summed E-state index contributed by atoms with van der Waals surface area (Å²) in [6.07, 6.45) is 1.90. The van der Waals surface area contributed by atoms with Gasteiger partial charge in [-0.3, -0.25) is 9.69 Å². The maximum Gasteiger partial charge on any atom is 0.253 e. The van der Waals surface area contributed by atoms with Gasteiger partial charge in [-0.2, -0.15) is 0 Å². The molecule has 1 saturated heterocycles. The molecule has 6 rings (SSSR count). The average molecular weight is 582 g/mol. The number of nitrogens with one attached hydrogen (secondary N) is 1. The molecule has 1 amide bonds. The van der Waals surface area contributed by atoms with Crippen LogP contribution in [0.2, 0.25) is 5.02 Å². The van der Waals surface area contributed by atoms with Gasteiger partial charge in [0, 0.05) is 74.7 Å².